The van der Waals surface area contributed by atoms with Crippen LogP contribution in [0.15, 0.2) is 27.6 Å². The first kappa shape index (κ1) is 16.0. The van der Waals surface area contributed by atoms with Crippen molar-refractivity contribution in [1.82, 2.24) is 4.72 Å². The van der Waals surface area contributed by atoms with Gasteiger partial charge in [-0.15, -0.1) is 0 Å². The van der Waals surface area contributed by atoms with Crippen molar-refractivity contribution in [2.45, 2.75) is 50.3 Å². The lowest BCUT2D eigenvalue weighted by molar-refractivity contribution is 0.339. The minimum absolute atomic E-state index is 0.349. The lowest BCUT2D eigenvalue weighted by atomic mass is 9.87. The SMILES string of the molecule is Cc1cc(S(=O)(=O)NCCC2CCCCC2)ccc1Br. The Hall–Kier alpha value is -0.390. The Labute approximate surface area is 130 Å². The quantitative estimate of drug-likeness (QED) is 0.863. The lowest BCUT2D eigenvalue weighted by Gasteiger charge is -2.21. The van der Waals surface area contributed by atoms with Gasteiger partial charge in [0.15, 0.2) is 0 Å². The zero-order valence-electron chi connectivity index (χ0n) is 11.9. The van der Waals surface area contributed by atoms with Crippen LogP contribution in [0.2, 0.25) is 0 Å². The standard InChI is InChI=1S/C15H22BrNO2S/c1-12-11-14(7-8-15(12)16)20(18,19)17-10-9-13-5-3-2-4-6-13/h7-8,11,13,17H,2-6,9-10H2,1H3. The Kier molecular flexibility index (Phi) is 5.64. The molecule has 112 valence electrons. The summed E-state index contributed by atoms with van der Waals surface area (Å²) in [6, 6.07) is 5.12. The number of halogens is 1. The Morgan fingerprint density at radius 1 is 1.25 bits per heavy atom. The molecule has 0 aliphatic heterocycles. The summed E-state index contributed by atoms with van der Waals surface area (Å²) in [4.78, 5) is 0.349. The minimum Gasteiger partial charge on any atom is -0.211 e. The molecule has 2 rings (SSSR count). The van der Waals surface area contributed by atoms with Gasteiger partial charge in [0.05, 0.1) is 4.90 Å². The number of rotatable bonds is 5. The first-order chi connectivity index (χ1) is 9.49. The molecule has 0 aromatic heterocycles. The Balaban J connectivity index is 1.91. The van der Waals surface area contributed by atoms with E-state index in [1.165, 1.54) is 32.1 Å². The molecule has 0 saturated heterocycles. The van der Waals surface area contributed by atoms with Crippen molar-refractivity contribution in [2.24, 2.45) is 5.92 Å². The molecule has 1 aromatic carbocycles. The number of hydrogen-bond donors (Lipinski definition) is 1. The molecule has 1 aliphatic carbocycles. The third kappa shape index (κ3) is 4.30. The number of aryl methyl sites for hydroxylation is 1. The van der Waals surface area contributed by atoms with Crippen LogP contribution in [-0.4, -0.2) is 15.0 Å². The third-order valence-electron chi connectivity index (χ3n) is 4.01. The van der Waals surface area contributed by atoms with Gasteiger partial charge < -0.3 is 0 Å². The molecule has 0 spiro atoms. The second-order valence-electron chi connectivity index (χ2n) is 5.60. The van der Waals surface area contributed by atoms with Crippen molar-refractivity contribution in [3.05, 3.63) is 28.2 Å². The second-order valence-corrected chi connectivity index (χ2v) is 8.22. The van der Waals surface area contributed by atoms with Gasteiger partial charge >= 0.3 is 0 Å². The van der Waals surface area contributed by atoms with Gasteiger partial charge in [0, 0.05) is 11.0 Å². The van der Waals surface area contributed by atoms with Crippen molar-refractivity contribution in [1.29, 1.82) is 0 Å². The van der Waals surface area contributed by atoms with Crippen LogP contribution >= 0.6 is 15.9 Å². The molecule has 0 radical (unpaired) electrons. The predicted molar refractivity (Wildman–Crippen MR) is 85.3 cm³/mol. The largest absolute Gasteiger partial charge is 0.240 e. The summed E-state index contributed by atoms with van der Waals surface area (Å²) in [7, 11) is -3.37. The topological polar surface area (TPSA) is 46.2 Å². The zero-order valence-corrected chi connectivity index (χ0v) is 14.3. The second kappa shape index (κ2) is 7.05. The van der Waals surface area contributed by atoms with Crippen LogP contribution in [0.3, 0.4) is 0 Å². The maximum absolute atomic E-state index is 12.2. The number of hydrogen-bond acceptors (Lipinski definition) is 2. The number of sulfonamides is 1. The molecule has 1 N–H and O–H groups in total. The molecule has 1 fully saturated rings. The summed E-state index contributed by atoms with van der Waals surface area (Å²) < 4.78 is 28.1. The van der Waals surface area contributed by atoms with Gasteiger partial charge in [-0.3, -0.25) is 0 Å². The van der Waals surface area contributed by atoms with E-state index in [0.717, 1.165) is 16.5 Å². The van der Waals surface area contributed by atoms with E-state index in [2.05, 4.69) is 20.7 Å². The monoisotopic (exact) mass is 359 g/mol. The molecule has 1 saturated carbocycles. The maximum atomic E-state index is 12.2. The molecule has 1 aliphatic rings. The van der Waals surface area contributed by atoms with Crippen molar-refractivity contribution in [2.75, 3.05) is 6.54 Å². The Morgan fingerprint density at radius 2 is 1.95 bits per heavy atom. The first-order valence-corrected chi connectivity index (χ1v) is 9.52. The molecule has 0 bridgehead atoms. The van der Waals surface area contributed by atoms with Gasteiger partial charge in [0.25, 0.3) is 0 Å². The van der Waals surface area contributed by atoms with Crippen molar-refractivity contribution >= 4 is 26.0 Å². The summed E-state index contributed by atoms with van der Waals surface area (Å²) in [5.41, 5.74) is 0.931. The molecule has 0 amide bonds. The van der Waals surface area contributed by atoms with Crippen LogP contribution in [-0.2, 0) is 10.0 Å². The number of nitrogens with one attached hydrogen (secondary N) is 1. The summed E-state index contributed by atoms with van der Waals surface area (Å²) in [5, 5.41) is 0. The van der Waals surface area contributed by atoms with Gasteiger partial charge in [-0.05, 0) is 43.0 Å². The van der Waals surface area contributed by atoms with E-state index in [-0.39, 0.29) is 0 Å². The fraction of sp³-hybridized carbons (Fsp3) is 0.600. The van der Waals surface area contributed by atoms with Gasteiger partial charge in [0.1, 0.15) is 0 Å². The first-order valence-electron chi connectivity index (χ1n) is 7.25. The van der Waals surface area contributed by atoms with E-state index in [0.29, 0.717) is 17.4 Å². The normalized spacial score (nSPS) is 17.3. The highest BCUT2D eigenvalue weighted by Gasteiger charge is 2.17. The molecular weight excluding hydrogens is 338 g/mol. The van der Waals surface area contributed by atoms with E-state index in [1.54, 1.807) is 18.2 Å². The van der Waals surface area contributed by atoms with Crippen molar-refractivity contribution < 1.29 is 8.42 Å². The van der Waals surface area contributed by atoms with Gasteiger partial charge in [-0.25, -0.2) is 13.1 Å². The Morgan fingerprint density at radius 3 is 2.60 bits per heavy atom. The fourth-order valence-corrected chi connectivity index (χ4v) is 4.12. The molecule has 20 heavy (non-hydrogen) atoms. The van der Waals surface area contributed by atoms with E-state index in [1.807, 2.05) is 6.92 Å². The van der Waals surface area contributed by atoms with Crippen molar-refractivity contribution in [3.8, 4) is 0 Å². The predicted octanol–water partition coefficient (Wildman–Crippen LogP) is 4.01. The van der Waals surface area contributed by atoms with E-state index >= 15 is 0 Å². The van der Waals surface area contributed by atoms with Gasteiger partial charge in [-0.1, -0.05) is 48.0 Å². The highest BCUT2D eigenvalue weighted by atomic mass is 79.9. The highest BCUT2D eigenvalue weighted by molar-refractivity contribution is 9.10. The van der Waals surface area contributed by atoms with Gasteiger partial charge in [0.2, 0.25) is 10.0 Å². The van der Waals surface area contributed by atoms with Crippen LogP contribution < -0.4 is 4.72 Å². The van der Waals surface area contributed by atoms with Crippen molar-refractivity contribution in [3.63, 3.8) is 0 Å². The van der Waals surface area contributed by atoms with Crippen LogP contribution in [0.25, 0.3) is 0 Å². The molecule has 5 heteroatoms. The smallest absolute Gasteiger partial charge is 0.211 e. The third-order valence-corrected chi connectivity index (χ3v) is 6.36. The van der Waals surface area contributed by atoms with Crippen LogP contribution in [0, 0.1) is 12.8 Å². The molecule has 0 heterocycles. The lowest BCUT2D eigenvalue weighted by Crippen LogP contribution is -2.26. The fourth-order valence-electron chi connectivity index (χ4n) is 2.74. The molecular formula is C15H22BrNO2S. The van der Waals surface area contributed by atoms with E-state index < -0.39 is 10.0 Å². The molecule has 1 aromatic rings. The molecule has 0 atom stereocenters. The van der Waals surface area contributed by atoms with Gasteiger partial charge in [-0.2, -0.15) is 0 Å². The average Bonchev–Trinajstić information content (AvgIpc) is 2.43. The minimum atomic E-state index is -3.37. The summed E-state index contributed by atoms with van der Waals surface area (Å²) in [5.74, 6) is 0.693. The summed E-state index contributed by atoms with van der Waals surface area (Å²) in [6.07, 6.45) is 7.38. The van der Waals surface area contributed by atoms with Crippen LogP contribution in [0.1, 0.15) is 44.1 Å². The molecule has 3 nitrogen and oxygen atoms in total. The summed E-state index contributed by atoms with van der Waals surface area (Å²) >= 11 is 3.39. The summed E-state index contributed by atoms with van der Waals surface area (Å²) in [6.45, 7) is 2.44. The zero-order chi connectivity index (χ0) is 14.6. The highest BCUT2D eigenvalue weighted by Crippen LogP contribution is 2.26. The van der Waals surface area contributed by atoms with E-state index in [9.17, 15) is 8.42 Å². The van der Waals surface area contributed by atoms with Crippen LogP contribution in [0.4, 0.5) is 0 Å². The van der Waals surface area contributed by atoms with E-state index in [4.69, 9.17) is 0 Å². The van der Waals surface area contributed by atoms with Crippen LogP contribution in [0.5, 0.6) is 0 Å². The molecule has 0 unspecified atom stereocenters. The number of benzene rings is 1. The Bertz CT molecular complexity index is 551. The maximum Gasteiger partial charge on any atom is 0.240 e. The average molecular weight is 360 g/mol.